The van der Waals surface area contributed by atoms with Gasteiger partial charge in [0.15, 0.2) is 0 Å². The molecule has 2 heterocycles. The lowest BCUT2D eigenvalue weighted by Crippen LogP contribution is -2.23. The van der Waals surface area contributed by atoms with Crippen molar-refractivity contribution in [3.05, 3.63) is 42.2 Å². The highest BCUT2D eigenvalue weighted by Crippen LogP contribution is 2.36. The first-order chi connectivity index (χ1) is 9.63. The minimum absolute atomic E-state index is 0.245. The molecule has 0 aromatic carbocycles. The molecule has 0 aliphatic heterocycles. The van der Waals surface area contributed by atoms with Crippen molar-refractivity contribution in [3.8, 4) is 0 Å². The van der Waals surface area contributed by atoms with Gasteiger partial charge < -0.3 is 5.32 Å². The summed E-state index contributed by atoms with van der Waals surface area (Å²) in [6, 6.07) is 6.69. The zero-order valence-electron chi connectivity index (χ0n) is 11.7. The average molecular weight is 348 g/mol. The fourth-order valence-electron chi connectivity index (χ4n) is 2.12. The maximum atomic E-state index is 6.31. The topological polar surface area (TPSA) is 12.0 Å². The smallest absolute Gasteiger partial charge is 0.0992 e. The third kappa shape index (κ3) is 4.22. The van der Waals surface area contributed by atoms with E-state index < -0.39 is 0 Å². The molecule has 0 amide bonds. The van der Waals surface area contributed by atoms with Gasteiger partial charge in [-0.2, -0.15) is 0 Å². The number of rotatable bonds is 7. The van der Waals surface area contributed by atoms with Gasteiger partial charge >= 0.3 is 0 Å². The highest BCUT2D eigenvalue weighted by molar-refractivity contribution is 7.20. The second-order valence-corrected chi connectivity index (χ2v) is 8.25. The summed E-state index contributed by atoms with van der Waals surface area (Å²) in [6.07, 6.45) is 3.18. The Morgan fingerprint density at radius 3 is 2.45 bits per heavy atom. The summed E-state index contributed by atoms with van der Waals surface area (Å²) in [4.78, 5) is 2.83. The van der Waals surface area contributed by atoms with Crippen molar-refractivity contribution >= 4 is 45.9 Å². The third-order valence-corrected chi connectivity index (χ3v) is 5.94. The zero-order chi connectivity index (χ0) is 14.5. The van der Waals surface area contributed by atoms with E-state index >= 15 is 0 Å². The highest BCUT2D eigenvalue weighted by atomic mass is 35.5. The average Bonchev–Trinajstić information content (AvgIpc) is 3.01. The largest absolute Gasteiger partial charge is 0.310 e. The van der Waals surface area contributed by atoms with Crippen LogP contribution in [-0.4, -0.2) is 6.54 Å². The van der Waals surface area contributed by atoms with Gasteiger partial charge in [-0.1, -0.05) is 37.0 Å². The number of hydrogen-bond acceptors (Lipinski definition) is 3. The molecule has 0 aliphatic carbocycles. The second kappa shape index (κ2) is 7.81. The van der Waals surface area contributed by atoms with E-state index in [1.165, 1.54) is 21.1 Å². The second-order valence-electron chi connectivity index (χ2n) is 4.71. The molecule has 1 unspecified atom stereocenters. The number of halogens is 2. The first-order valence-corrected chi connectivity index (χ1v) is 9.28. The molecule has 0 radical (unpaired) electrons. The van der Waals surface area contributed by atoms with Crippen molar-refractivity contribution in [2.75, 3.05) is 6.54 Å². The number of aryl methyl sites for hydroxylation is 1. The van der Waals surface area contributed by atoms with Crippen LogP contribution < -0.4 is 5.32 Å². The van der Waals surface area contributed by atoms with E-state index in [0.29, 0.717) is 0 Å². The Labute approximate surface area is 138 Å². The first-order valence-electron chi connectivity index (χ1n) is 6.89. The van der Waals surface area contributed by atoms with Crippen molar-refractivity contribution in [3.63, 3.8) is 0 Å². The lowest BCUT2D eigenvalue weighted by Gasteiger charge is -2.17. The van der Waals surface area contributed by atoms with Crippen molar-refractivity contribution in [2.24, 2.45) is 0 Å². The summed E-state index contributed by atoms with van der Waals surface area (Å²) in [5.41, 5.74) is 1.13. The molecule has 0 saturated heterocycles. The third-order valence-electron chi connectivity index (χ3n) is 3.17. The van der Waals surface area contributed by atoms with Gasteiger partial charge in [0.1, 0.15) is 0 Å². The summed E-state index contributed by atoms with van der Waals surface area (Å²) in [7, 11) is 0. The van der Waals surface area contributed by atoms with E-state index in [0.717, 1.165) is 40.0 Å². The van der Waals surface area contributed by atoms with Crippen molar-refractivity contribution < 1.29 is 0 Å². The van der Waals surface area contributed by atoms with E-state index in [9.17, 15) is 0 Å². The molecule has 0 bridgehead atoms. The lowest BCUT2D eigenvalue weighted by molar-refractivity contribution is 0.534. The maximum Gasteiger partial charge on any atom is 0.0992 e. The molecule has 110 valence electrons. The monoisotopic (exact) mass is 347 g/mol. The van der Waals surface area contributed by atoms with Crippen molar-refractivity contribution in [2.45, 2.75) is 39.2 Å². The number of nitrogens with one attached hydrogen (secondary N) is 1. The summed E-state index contributed by atoms with van der Waals surface area (Å²) in [6.45, 7) is 5.35. The van der Waals surface area contributed by atoms with E-state index in [1.807, 2.05) is 17.4 Å². The summed E-state index contributed by atoms with van der Waals surface area (Å²) < 4.78 is 1.56. The standard InChI is InChI=1S/C15H19Cl2NS2/c1-3-7-18-13(12-9-14(16)20-15(12)17)8-11-6-5-10(4-2)19-11/h5-6,9,13,18H,3-4,7-8H2,1-2H3. The van der Waals surface area contributed by atoms with Gasteiger partial charge in [-0.3, -0.25) is 0 Å². The molecule has 2 aromatic rings. The van der Waals surface area contributed by atoms with Crippen LogP contribution in [0.4, 0.5) is 0 Å². The van der Waals surface area contributed by atoms with Crippen LogP contribution in [0.2, 0.25) is 8.67 Å². The molecule has 1 nitrogen and oxygen atoms in total. The maximum absolute atomic E-state index is 6.31. The molecule has 2 aromatic heterocycles. The molecule has 0 fully saturated rings. The van der Waals surface area contributed by atoms with Crippen molar-refractivity contribution in [1.82, 2.24) is 5.32 Å². The predicted molar refractivity (Wildman–Crippen MR) is 92.8 cm³/mol. The van der Waals surface area contributed by atoms with Crippen LogP contribution in [0.1, 0.15) is 41.6 Å². The minimum Gasteiger partial charge on any atom is -0.310 e. The molecular formula is C15H19Cl2NS2. The summed E-state index contributed by atoms with van der Waals surface area (Å²) in [5.74, 6) is 0. The summed E-state index contributed by atoms with van der Waals surface area (Å²) in [5, 5.41) is 3.59. The van der Waals surface area contributed by atoms with Crippen LogP contribution in [0.15, 0.2) is 18.2 Å². The van der Waals surface area contributed by atoms with Crippen LogP contribution in [0, 0.1) is 0 Å². The molecule has 1 atom stereocenters. The zero-order valence-corrected chi connectivity index (χ0v) is 14.9. The fraction of sp³-hybridized carbons (Fsp3) is 0.467. The molecular weight excluding hydrogens is 329 g/mol. The molecule has 0 spiro atoms. The Kier molecular flexibility index (Phi) is 6.37. The van der Waals surface area contributed by atoms with E-state index in [2.05, 4.69) is 31.3 Å². The Morgan fingerprint density at radius 1 is 1.15 bits per heavy atom. The van der Waals surface area contributed by atoms with E-state index in [-0.39, 0.29) is 6.04 Å². The van der Waals surface area contributed by atoms with Gasteiger partial charge in [0.2, 0.25) is 0 Å². The Bertz CT molecular complexity index is 548. The lowest BCUT2D eigenvalue weighted by atomic mass is 10.1. The molecule has 5 heteroatoms. The Hall–Kier alpha value is -0.0600. The van der Waals surface area contributed by atoms with Gasteiger partial charge in [-0.25, -0.2) is 0 Å². The molecule has 0 saturated carbocycles. The molecule has 20 heavy (non-hydrogen) atoms. The SMILES string of the molecule is CCCNC(Cc1ccc(CC)s1)c1cc(Cl)sc1Cl. The number of thiophene rings is 2. The predicted octanol–water partition coefficient (Wildman–Crippen LogP) is 5.96. The van der Waals surface area contributed by atoms with Gasteiger partial charge in [-0.15, -0.1) is 22.7 Å². The summed E-state index contributed by atoms with van der Waals surface area (Å²) >= 11 is 15.7. The Morgan fingerprint density at radius 2 is 1.90 bits per heavy atom. The van der Waals surface area contributed by atoms with Crippen LogP contribution in [-0.2, 0) is 12.8 Å². The van der Waals surface area contributed by atoms with Crippen molar-refractivity contribution in [1.29, 1.82) is 0 Å². The Balaban J connectivity index is 2.16. The molecule has 1 N–H and O–H groups in total. The molecule has 0 aliphatic rings. The quantitative estimate of drug-likeness (QED) is 0.651. The van der Waals surface area contributed by atoms with Crippen LogP contribution in [0.25, 0.3) is 0 Å². The normalized spacial score (nSPS) is 12.8. The highest BCUT2D eigenvalue weighted by Gasteiger charge is 2.18. The first kappa shape index (κ1) is 16.3. The van der Waals surface area contributed by atoms with Gasteiger partial charge in [-0.05, 0) is 37.6 Å². The van der Waals surface area contributed by atoms with Gasteiger partial charge in [0, 0.05) is 27.8 Å². The fourth-order valence-corrected chi connectivity index (χ4v) is 4.71. The van der Waals surface area contributed by atoms with E-state index in [1.54, 1.807) is 0 Å². The van der Waals surface area contributed by atoms with Crippen LogP contribution in [0.3, 0.4) is 0 Å². The van der Waals surface area contributed by atoms with Crippen LogP contribution in [0.5, 0.6) is 0 Å². The molecule has 2 rings (SSSR count). The van der Waals surface area contributed by atoms with E-state index in [4.69, 9.17) is 23.2 Å². The van der Waals surface area contributed by atoms with Gasteiger partial charge in [0.25, 0.3) is 0 Å². The van der Waals surface area contributed by atoms with Gasteiger partial charge in [0.05, 0.1) is 8.67 Å². The van der Waals surface area contributed by atoms with Crippen LogP contribution >= 0.6 is 45.9 Å². The minimum atomic E-state index is 0.245. The number of hydrogen-bond donors (Lipinski definition) is 1.